The SMILES string of the molecule is CCN(CC)S(=O)(=O)c1ccc(CNC(=O)CNC(=O)[C@@H](N)C(C)C)cc1. The molecule has 0 fully saturated rings. The highest BCUT2D eigenvalue weighted by Gasteiger charge is 2.21. The van der Waals surface area contributed by atoms with E-state index < -0.39 is 16.1 Å². The van der Waals surface area contributed by atoms with Gasteiger partial charge in [0.1, 0.15) is 0 Å². The quantitative estimate of drug-likeness (QED) is 0.528. The van der Waals surface area contributed by atoms with E-state index in [1.807, 2.05) is 13.8 Å². The lowest BCUT2D eigenvalue weighted by Crippen LogP contribution is -2.47. The molecule has 0 spiro atoms. The summed E-state index contributed by atoms with van der Waals surface area (Å²) in [5.74, 6) is -0.732. The molecule has 0 aliphatic heterocycles. The first-order valence-electron chi connectivity index (χ1n) is 9.02. The number of benzene rings is 1. The van der Waals surface area contributed by atoms with Crippen LogP contribution in [0.2, 0.25) is 0 Å². The molecule has 9 heteroatoms. The Hall–Kier alpha value is -1.97. The fourth-order valence-electron chi connectivity index (χ4n) is 2.34. The summed E-state index contributed by atoms with van der Waals surface area (Å²) >= 11 is 0. The molecule has 1 aromatic carbocycles. The van der Waals surface area contributed by atoms with Crippen LogP contribution in [0.25, 0.3) is 0 Å². The highest BCUT2D eigenvalue weighted by atomic mass is 32.2. The monoisotopic (exact) mass is 398 g/mol. The molecule has 0 aromatic heterocycles. The second kappa shape index (κ2) is 10.4. The van der Waals surface area contributed by atoms with Gasteiger partial charge in [-0.15, -0.1) is 0 Å². The van der Waals surface area contributed by atoms with E-state index in [0.717, 1.165) is 5.56 Å². The lowest BCUT2D eigenvalue weighted by atomic mass is 10.1. The van der Waals surface area contributed by atoms with E-state index in [0.29, 0.717) is 13.1 Å². The van der Waals surface area contributed by atoms with Crippen molar-refractivity contribution in [1.29, 1.82) is 0 Å². The van der Waals surface area contributed by atoms with Gasteiger partial charge in [-0.05, 0) is 23.6 Å². The third-order valence-corrected chi connectivity index (χ3v) is 6.26. The normalized spacial score (nSPS) is 12.9. The van der Waals surface area contributed by atoms with E-state index in [1.54, 1.807) is 26.0 Å². The molecule has 1 rings (SSSR count). The minimum Gasteiger partial charge on any atom is -0.350 e. The molecule has 0 heterocycles. The molecule has 0 aliphatic rings. The van der Waals surface area contributed by atoms with Crippen molar-refractivity contribution in [3.8, 4) is 0 Å². The van der Waals surface area contributed by atoms with Gasteiger partial charge >= 0.3 is 0 Å². The van der Waals surface area contributed by atoms with Crippen molar-refractivity contribution in [2.24, 2.45) is 11.7 Å². The first-order valence-corrected chi connectivity index (χ1v) is 10.5. The maximum Gasteiger partial charge on any atom is 0.243 e. The van der Waals surface area contributed by atoms with Crippen molar-refractivity contribution >= 4 is 21.8 Å². The third-order valence-electron chi connectivity index (χ3n) is 4.20. The fourth-order valence-corrected chi connectivity index (χ4v) is 3.80. The van der Waals surface area contributed by atoms with Crippen molar-refractivity contribution in [3.05, 3.63) is 29.8 Å². The van der Waals surface area contributed by atoms with E-state index in [9.17, 15) is 18.0 Å². The summed E-state index contributed by atoms with van der Waals surface area (Å²) in [7, 11) is -3.50. The Morgan fingerprint density at radius 3 is 2.11 bits per heavy atom. The average molecular weight is 399 g/mol. The second-order valence-electron chi connectivity index (χ2n) is 6.50. The number of rotatable bonds is 10. The van der Waals surface area contributed by atoms with Gasteiger partial charge in [-0.25, -0.2) is 8.42 Å². The van der Waals surface area contributed by atoms with Gasteiger partial charge < -0.3 is 16.4 Å². The molecule has 0 saturated carbocycles. The van der Waals surface area contributed by atoms with Crippen LogP contribution in [-0.4, -0.2) is 50.2 Å². The van der Waals surface area contributed by atoms with Crippen LogP contribution >= 0.6 is 0 Å². The minimum absolute atomic E-state index is 0.0146. The fraction of sp³-hybridized carbons (Fsp3) is 0.556. The molecular weight excluding hydrogens is 368 g/mol. The van der Waals surface area contributed by atoms with Gasteiger partial charge in [0.2, 0.25) is 21.8 Å². The molecule has 0 unspecified atom stereocenters. The van der Waals surface area contributed by atoms with E-state index in [-0.39, 0.29) is 35.7 Å². The summed E-state index contributed by atoms with van der Waals surface area (Å²) in [6, 6.07) is 5.71. The molecule has 8 nitrogen and oxygen atoms in total. The zero-order valence-electron chi connectivity index (χ0n) is 16.4. The number of nitrogens with two attached hydrogens (primary N) is 1. The summed E-state index contributed by atoms with van der Waals surface area (Å²) in [5, 5.41) is 5.16. The number of sulfonamides is 1. The second-order valence-corrected chi connectivity index (χ2v) is 8.44. The highest BCUT2D eigenvalue weighted by molar-refractivity contribution is 7.89. The van der Waals surface area contributed by atoms with Gasteiger partial charge in [-0.2, -0.15) is 4.31 Å². The van der Waals surface area contributed by atoms with Crippen LogP contribution in [0.3, 0.4) is 0 Å². The van der Waals surface area contributed by atoms with Crippen LogP contribution in [0, 0.1) is 5.92 Å². The number of carbonyl (C=O) groups is 2. The molecule has 0 bridgehead atoms. The van der Waals surface area contributed by atoms with Crippen LogP contribution in [0.1, 0.15) is 33.3 Å². The first kappa shape index (κ1) is 23.1. The van der Waals surface area contributed by atoms with Gasteiger partial charge in [-0.3, -0.25) is 9.59 Å². The first-order chi connectivity index (χ1) is 12.6. The highest BCUT2D eigenvalue weighted by Crippen LogP contribution is 2.16. The molecule has 1 aromatic rings. The van der Waals surface area contributed by atoms with Crippen LogP contribution < -0.4 is 16.4 Å². The van der Waals surface area contributed by atoms with Gasteiger partial charge in [0.25, 0.3) is 0 Å². The molecule has 0 saturated heterocycles. The largest absolute Gasteiger partial charge is 0.350 e. The van der Waals surface area contributed by atoms with E-state index in [4.69, 9.17) is 5.73 Å². The predicted molar refractivity (Wildman–Crippen MR) is 104 cm³/mol. The standard InChI is InChI=1S/C18H30N4O4S/c1-5-22(6-2)27(25,26)15-9-7-14(8-10-15)11-20-16(23)12-21-18(24)17(19)13(3)4/h7-10,13,17H,5-6,11-12,19H2,1-4H3,(H,20,23)(H,21,24)/t17-/m0/s1. The molecule has 0 radical (unpaired) electrons. The van der Waals surface area contributed by atoms with Gasteiger partial charge in [-0.1, -0.05) is 39.8 Å². The van der Waals surface area contributed by atoms with Gasteiger partial charge in [0.15, 0.2) is 0 Å². The number of hydrogen-bond acceptors (Lipinski definition) is 5. The van der Waals surface area contributed by atoms with Crippen molar-refractivity contribution in [2.75, 3.05) is 19.6 Å². The summed E-state index contributed by atoms with van der Waals surface area (Å²) in [5.41, 5.74) is 6.46. The predicted octanol–water partition coefficient (Wildman–Crippen LogP) is 0.433. The lowest BCUT2D eigenvalue weighted by molar-refractivity contribution is -0.127. The summed E-state index contributed by atoms with van der Waals surface area (Å²) in [4.78, 5) is 23.8. The Morgan fingerprint density at radius 1 is 1.07 bits per heavy atom. The smallest absolute Gasteiger partial charge is 0.243 e. The van der Waals surface area contributed by atoms with Crippen LogP contribution in [0.15, 0.2) is 29.2 Å². The molecule has 0 aliphatic carbocycles. The third kappa shape index (κ3) is 6.60. The maximum absolute atomic E-state index is 12.4. The van der Waals surface area contributed by atoms with Gasteiger partial charge in [0, 0.05) is 19.6 Å². The summed E-state index contributed by atoms with van der Waals surface area (Å²) in [6.45, 7) is 8.12. The molecule has 1 atom stereocenters. The Labute approximate surface area is 161 Å². The molecule has 4 N–H and O–H groups in total. The van der Waals surface area contributed by atoms with Crippen LogP contribution in [-0.2, 0) is 26.2 Å². The molecule has 152 valence electrons. The Morgan fingerprint density at radius 2 is 1.63 bits per heavy atom. The van der Waals surface area contributed by atoms with Crippen molar-refractivity contribution in [2.45, 2.75) is 45.2 Å². The number of nitrogens with zero attached hydrogens (tertiary/aromatic N) is 1. The average Bonchev–Trinajstić information content (AvgIpc) is 2.64. The van der Waals surface area contributed by atoms with Crippen LogP contribution in [0.5, 0.6) is 0 Å². The Bertz CT molecular complexity index is 728. The minimum atomic E-state index is -3.50. The Balaban J connectivity index is 2.57. The molecule has 2 amide bonds. The zero-order chi connectivity index (χ0) is 20.6. The van der Waals surface area contributed by atoms with E-state index >= 15 is 0 Å². The number of hydrogen-bond donors (Lipinski definition) is 3. The van der Waals surface area contributed by atoms with Crippen molar-refractivity contribution in [3.63, 3.8) is 0 Å². The van der Waals surface area contributed by atoms with Crippen molar-refractivity contribution in [1.82, 2.24) is 14.9 Å². The Kier molecular flexibility index (Phi) is 8.87. The van der Waals surface area contributed by atoms with E-state index in [1.165, 1.54) is 16.4 Å². The molecule has 27 heavy (non-hydrogen) atoms. The zero-order valence-corrected chi connectivity index (χ0v) is 17.2. The van der Waals surface area contributed by atoms with Crippen LogP contribution in [0.4, 0.5) is 0 Å². The number of carbonyl (C=O) groups excluding carboxylic acids is 2. The molecular formula is C18H30N4O4S. The summed E-state index contributed by atoms with van der Waals surface area (Å²) < 4.78 is 26.2. The van der Waals surface area contributed by atoms with Gasteiger partial charge in [0.05, 0.1) is 17.5 Å². The number of nitrogens with one attached hydrogen (secondary N) is 2. The summed E-state index contributed by atoms with van der Waals surface area (Å²) in [6.07, 6.45) is 0. The number of amides is 2. The topological polar surface area (TPSA) is 122 Å². The maximum atomic E-state index is 12.4. The lowest BCUT2D eigenvalue weighted by Gasteiger charge is -2.18. The van der Waals surface area contributed by atoms with Crippen molar-refractivity contribution < 1.29 is 18.0 Å². The van der Waals surface area contributed by atoms with E-state index in [2.05, 4.69) is 10.6 Å².